The number of hydrogen-bond donors (Lipinski definition) is 1. The van der Waals surface area contributed by atoms with Gasteiger partial charge >= 0.3 is 0 Å². The van der Waals surface area contributed by atoms with Crippen molar-refractivity contribution in [1.29, 1.82) is 0 Å². The Hall–Kier alpha value is -2.15. The Morgan fingerprint density at radius 1 is 1.05 bits per heavy atom. The van der Waals surface area contributed by atoms with E-state index in [4.69, 9.17) is 27.9 Å². The van der Waals surface area contributed by atoms with Crippen LogP contribution in [0.3, 0.4) is 0 Å². The molecule has 6 rings (SSSR count). The van der Waals surface area contributed by atoms with Crippen LogP contribution >= 0.6 is 61.7 Å². The van der Waals surface area contributed by atoms with E-state index in [-0.39, 0.29) is 41.6 Å². The first-order valence-electron chi connectivity index (χ1n) is 12.5. The average Bonchev–Trinajstić information content (AvgIpc) is 3.27. The Labute approximate surface area is 261 Å². The summed E-state index contributed by atoms with van der Waals surface area (Å²) >= 11 is 19.8. The van der Waals surface area contributed by atoms with E-state index in [0.717, 1.165) is 8.47 Å². The first-order chi connectivity index (χ1) is 19.0. The number of allylic oxidation sites excluding steroid dienone is 2. The van der Waals surface area contributed by atoms with E-state index in [1.807, 2.05) is 18.2 Å². The fourth-order valence-electron chi connectivity index (χ4n) is 6.86. The van der Waals surface area contributed by atoms with Gasteiger partial charge in [-0.2, -0.15) is 0 Å². The van der Waals surface area contributed by atoms with E-state index in [1.54, 1.807) is 24.3 Å². The summed E-state index contributed by atoms with van der Waals surface area (Å²) in [6.45, 7) is 0. The molecule has 2 saturated heterocycles. The van der Waals surface area contributed by atoms with Crippen LogP contribution in [0, 0.1) is 21.3 Å². The number of carbonyl (C=O) groups is 4. The normalized spacial score (nSPS) is 33.1. The Morgan fingerprint density at radius 2 is 1.75 bits per heavy atom. The van der Waals surface area contributed by atoms with Crippen molar-refractivity contribution >= 4 is 91.0 Å². The van der Waals surface area contributed by atoms with Gasteiger partial charge in [0.2, 0.25) is 11.8 Å². The number of nitrogens with zero attached hydrogens (tertiary/aromatic N) is 2. The van der Waals surface area contributed by atoms with Gasteiger partial charge in [-0.3, -0.25) is 29.0 Å². The van der Waals surface area contributed by atoms with Crippen molar-refractivity contribution in [3.63, 3.8) is 0 Å². The quantitative estimate of drug-likeness (QED) is 0.156. The van der Waals surface area contributed by atoms with E-state index in [0.29, 0.717) is 16.8 Å². The third-order valence-corrected chi connectivity index (χ3v) is 11.3. The Balaban J connectivity index is 1.52. The van der Waals surface area contributed by atoms with Crippen molar-refractivity contribution in [2.24, 2.45) is 17.8 Å². The number of methoxy groups -OCH3 is 1. The fraction of sp³-hybridized carbons (Fsp3) is 0.357. The van der Waals surface area contributed by atoms with Crippen molar-refractivity contribution < 1.29 is 29.0 Å². The van der Waals surface area contributed by atoms with E-state index < -0.39 is 45.2 Å². The average molecular weight is 760 g/mol. The molecule has 1 saturated carbocycles. The van der Waals surface area contributed by atoms with Gasteiger partial charge in [0.05, 0.1) is 30.1 Å². The van der Waals surface area contributed by atoms with Crippen LogP contribution in [0.5, 0.6) is 11.5 Å². The summed E-state index contributed by atoms with van der Waals surface area (Å²) < 4.78 is 6.16. The van der Waals surface area contributed by atoms with Crippen LogP contribution in [-0.4, -0.2) is 55.9 Å². The van der Waals surface area contributed by atoms with Crippen molar-refractivity contribution in [3.05, 3.63) is 63.2 Å². The topological polar surface area (TPSA) is 104 Å². The number of aromatic hydroxyl groups is 1. The van der Waals surface area contributed by atoms with Crippen molar-refractivity contribution in [1.82, 2.24) is 4.90 Å². The summed E-state index contributed by atoms with van der Waals surface area (Å²) in [6, 6.07) is 11.7. The number of phenols is 1. The lowest BCUT2D eigenvalue weighted by Crippen LogP contribution is -2.60. The SMILES string of the molecule is COc1ccc(C2C3=CCC4C(=O)N(c5ccc(I)cc5)C(=O)C4C3CC3(Cl)C(=O)N(CBr)C(=O)C23Cl)cc1O. The minimum atomic E-state index is -1.93. The highest BCUT2D eigenvalue weighted by Gasteiger charge is 2.76. The van der Waals surface area contributed by atoms with E-state index >= 15 is 0 Å². The molecule has 208 valence electrons. The molecule has 2 aromatic rings. The lowest BCUT2D eigenvalue weighted by Gasteiger charge is -2.50. The molecular weight excluding hydrogens is 738 g/mol. The fourth-order valence-corrected chi connectivity index (χ4v) is 8.64. The van der Waals surface area contributed by atoms with E-state index in [2.05, 4.69) is 38.5 Å². The van der Waals surface area contributed by atoms with Gasteiger partial charge in [0, 0.05) is 9.49 Å². The lowest BCUT2D eigenvalue weighted by molar-refractivity contribution is -0.138. The number of rotatable bonds is 4. The molecule has 1 N–H and O–H groups in total. The second kappa shape index (κ2) is 9.71. The Kier molecular flexibility index (Phi) is 6.79. The van der Waals surface area contributed by atoms with Crippen LogP contribution in [0.2, 0.25) is 0 Å². The van der Waals surface area contributed by atoms with Crippen LogP contribution in [0.15, 0.2) is 54.1 Å². The van der Waals surface area contributed by atoms with Crippen molar-refractivity contribution in [2.75, 3.05) is 17.5 Å². The van der Waals surface area contributed by atoms with E-state index in [1.165, 1.54) is 18.1 Å². The zero-order valence-corrected chi connectivity index (χ0v) is 26.2. The number of fused-ring (bicyclic) bond motifs is 4. The lowest BCUT2D eigenvalue weighted by atomic mass is 9.56. The van der Waals surface area contributed by atoms with Gasteiger partial charge in [0.25, 0.3) is 11.8 Å². The number of likely N-dealkylation sites (tertiary alicyclic amines) is 1. The van der Waals surface area contributed by atoms with Gasteiger partial charge in [-0.15, -0.1) is 23.2 Å². The van der Waals surface area contributed by atoms with Crippen LogP contribution in [0.4, 0.5) is 5.69 Å². The molecule has 40 heavy (non-hydrogen) atoms. The molecule has 2 aromatic carbocycles. The number of halogens is 4. The highest BCUT2D eigenvalue weighted by Crippen LogP contribution is 2.65. The first kappa shape index (κ1) is 28.0. The summed E-state index contributed by atoms with van der Waals surface area (Å²) in [5.41, 5.74) is 1.46. The van der Waals surface area contributed by atoms with Crippen molar-refractivity contribution in [2.45, 2.75) is 28.5 Å². The Bertz CT molecular complexity index is 1520. The molecule has 2 heterocycles. The first-order valence-corrected chi connectivity index (χ1v) is 15.5. The zero-order chi connectivity index (χ0) is 28.7. The summed E-state index contributed by atoms with van der Waals surface area (Å²) in [7, 11) is 1.41. The molecule has 8 nitrogen and oxygen atoms in total. The highest BCUT2D eigenvalue weighted by atomic mass is 127. The number of amides is 4. The molecule has 6 unspecified atom stereocenters. The third kappa shape index (κ3) is 3.61. The molecular formula is C28H22BrCl2IN2O6. The number of ether oxygens (including phenoxy) is 1. The van der Waals surface area contributed by atoms with Gasteiger partial charge in [-0.25, -0.2) is 0 Å². The molecule has 2 aliphatic heterocycles. The van der Waals surface area contributed by atoms with Gasteiger partial charge in [-0.05, 0) is 83.3 Å². The van der Waals surface area contributed by atoms with Gasteiger partial charge in [0.15, 0.2) is 21.2 Å². The monoisotopic (exact) mass is 758 g/mol. The highest BCUT2D eigenvalue weighted by molar-refractivity contribution is 14.1. The smallest absolute Gasteiger partial charge is 0.254 e. The maximum absolute atomic E-state index is 14.0. The summed E-state index contributed by atoms with van der Waals surface area (Å²) in [5.74, 6) is -5.02. The second-order valence-electron chi connectivity index (χ2n) is 10.4. The minimum absolute atomic E-state index is 0.0999. The molecule has 0 bridgehead atoms. The molecule has 4 aliphatic rings. The van der Waals surface area contributed by atoms with Crippen LogP contribution in [0.25, 0.3) is 0 Å². The van der Waals surface area contributed by atoms with Crippen LogP contribution in [-0.2, 0) is 19.2 Å². The number of imide groups is 2. The summed E-state index contributed by atoms with van der Waals surface area (Å²) in [6.07, 6.45) is 2.01. The molecule has 2 aliphatic carbocycles. The number of benzene rings is 2. The molecule has 3 fully saturated rings. The summed E-state index contributed by atoms with van der Waals surface area (Å²) in [5, 5.41) is 10.6. The minimum Gasteiger partial charge on any atom is -0.504 e. The standard InChI is InChI=1S/C28H22BrCl2IN2O6/c1-40-20-9-2-13(10-19(20)35)22-16-7-8-17-21(24(37)34(23(17)36)15-5-3-14(32)4-6-15)18(16)11-27(30)25(38)33(12-29)26(39)28(22,27)31/h2-7,9-10,17-18,21-22,35H,8,11-12H2,1H3. The molecule has 0 spiro atoms. The van der Waals surface area contributed by atoms with Crippen LogP contribution in [0.1, 0.15) is 24.3 Å². The Morgan fingerprint density at radius 3 is 2.38 bits per heavy atom. The zero-order valence-electron chi connectivity index (χ0n) is 20.9. The predicted molar refractivity (Wildman–Crippen MR) is 160 cm³/mol. The van der Waals surface area contributed by atoms with Crippen molar-refractivity contribution in [3.8, 4) is 11.5 Å². The number of anilines is 1. The largest absolute Gasteiger partial charge is 0.504 e. The number of phenolic OH excluding ortho intramolecular Hbond substituents is 1. The molecule has 4 amide bonds. The van der Waals surface area contributed by atoms with Crippen LogP contribution < -0.4 is 9.64 Å². The molecule has 0 radical (unpaired) electrons. The number of hydrogen-bond acceptors (Lipinski definition) is 6. The molecule has 12 heteroatoms. The second-order valence-corrected chi connectivity index (χ2v) is 13.4. The van der Waals surface area contributed by atoms with Gasteiger partial charge in [0.1, 0.15) is 0 Å². The predicted octanol–water partition coefficient (Wildman–Crippen LogP) is 4.92. The maximum Gasteiger partial charge on any atom is 0.254 e. The van der Waals surface area contributed by atoms with Gasteiger partial charge < -0.3 is 9.84 Å². The number of carbonyl (C=O) groups excluding carboxylic acids is 4. The number of alkyl halides is 3. The maximum atomic E-state index is 14.0. The molecule has 0 aromatic heterocycles. The van der Waals surface area contributed by atoms with Gasteiger partial charge in [-0.1, -0.05) is 33.6 Å². The molecule has 6 atom stereocenters. The van der Waals surface area contributed by atoms with E-state index in [9.17, 15) is 24.3 Å². The third-order valence-electron chi connectivity index (χ3n) is 8.64. The summed E-state index contributed by atoms with van der Waals surface area (Å²) in [4.78, 5) is 53.4.